The van der Waals surface area contributed by atoms with Gasteiger partial charge in [-0.1, -0.05) is 29.8 Å². The number of nitrogens with one attached hydrogen (secondary N) is 2. The molecule has 1 aromatic rings. The first-order valence-corrected chi connectivity index (χ1v) is 10.1. The van der Waals surface area contributed by atoms with Crippen molar-refractivity contribution in [2.24, 2.45) is 15.9 Å². The molecule has 0 saturated heterocycles. The Balaban J connectivity index is 1.59. The van der Waals surface area contributed by atoms with Gasteiger partial charge in [0.15, 0.2) is 5.78 Å². The normalized spacial score (nSPS) is 22.7. The number of aromatic amines is 1. The second-order valence-electron chi connectivity index (χ2n) is 7.38. The van der Waals surface area contributed by atoms with Crippen molar-refractivity contribution in [3.8, 4) is 0 Å². The molecule has 0 amide bonds. The lowest BCUT2D eigenvalue weighted by atomic mass is 9.94. The molecule has 30 heavy (non-hydrogen) atoms. The van der Waals surface area contributed by atoms with Gasteiger partial charge in [0.25, 0.3) is 0 Å². The molecular formula is C21H20ClF3N4O. The SMILES string of the molecule is O=C(C1=C(C(F)(F)F)NC(=NCC2C=CC(Cl)=CC2)CC1)c1c[nH]c2c1=CCCN=2. The Morgan fingerprint density at radius 3 is 2.87 bits per heavy atom. The number of rotatable bonds is 4. The molecule has 4 rings (SSSR count). The number of amidine groups is 1. The molecule has 158 valence electrons. The minimum absolute atomic E-state index is 0.0250. The van der Waals surface area contributed by atoms with Crippen LogP contribution in [0, 0.1) is 5.92 Å². The molecule has 2 aliphatic heterocycles. The maximum Gasteiger partial charge on any atom is 0.431 e. The number of fused-ring (bicyclic) bond motifs is 1. The minimum atomic E-state index is -4.68. The monoisotopic (exact) mass is 436 g/mol. The van der Waals surface area contributed by atoms with Gasteiger partial charge in [0.05, 0.1) is 0 Å². The second kappa shape index (κ2) is 8.26. The number of H-pyrrole nitrogens is 1. The summed E-state index contributed by atoms with van der Waals surface area (Å²) in [7, 11) is 0. The molecule has 0 bridgehead atoms. The molecule has 0 saturated carbocycles. The molecular weight excluding hydrogens is 417 g/mol. The number of carbonyl (C=O) groups is 1. The molecule has 1 aliphatic carbocycles. The van der Waals surface area contributed by atoms with E-state index in [2.05, 4.69) is 20.3 Å². The number of Topliss-reactive ketones (excluding diaryl/α,β-unsaturated/α-hetero) is 1. The maximum atomic E-state index is 13.7. The summed E-state index contributed by atoms with van der Waals surface area (Å²) in [6.45, 7) is 0.951. The van der Waals surface area contributed by atoms with Crippen LogP contribution in [0.4, 0.5) is 13.2 Å². The predicted octanol–water partition coefficient (Wildman–Crippen LogP) is 3.30. The number of nitrogens with zero attached hydrogens (tertiary/aromatic N) is 2. The van der Waals surface area contributed by atoms with Gasteiger partial charge in [0, 0.05) is 53.0 Å². The summed E-state index contributed by atoms with van der Waals surface area (Å²) < 4.78 is 41.2. The van der Waals surface area contributed by atoms with Crippen molar-refractivity contribution in [2.75, 3.05) is 13.1 Å². The molecule has 5 nitrogen and oxygen atoms in total. The van der Waals surface area contributed by atoms with E-state index in [-0.39, 0.29) is 35.7 Å². The van der Waals surface area contributed by atoms with Crippen molar-refractivity contribution >= 4 is 29.3 Å². The van der Waals surface area contributed by atoms with Gasteiger partial charge >= 0.3 is 6.18 Å². The Morgan fingerprint density at radius 1 is 1.30 bits per heavy atom. The van der Waals surface area contributed by atoms with Crippen molar-refractivity contribution in [1.29, 1.82) is 0 Å². The first-order chi connectivity index (χ1) is 14.3. The Bertz CT molecular complexity index is 1110. The van der Waals surface area contributed by atoms with Crippen molar-refractivity contribution in [2.45, 2.75) is 31.9 Å². The molecule has 3 heterocycles. The quantitative estimate of drug-likeness (QED) is 0.711. The smallest absolute Gasteiger partial charge is 0.346 e. The van der Waals surface area contributed by atoms with Crippen LogP contribution in [0.25, 0.3) is 6.08 Å². The Morgan fingerprint density at radius 2 is 2.13 bits per heavy atom. The summed E-state index contributed by atoms with van der Waals surface area (Å²) in [5.74, 6) is -0.297. The summed E-state index contributed by atoms with van der Waals surface area (Å²) >= 11 is 5.89. The van der Waals surface area contributed by atoms with E-state index in [1.807, 2.05) is 18.2 Å². The summed E-state index contributed by atoms with van der Waals surface area (Å²) in [4.78, 5) is 24.5. The number of halogens is 4. The van der Waals surface area contributed by atoms with Gasteiger partial charge in [0.1, 0.15) is 17.0 Å². The molecule has 1 unspecified atom stereocenters. The maximum absolute atomic E-state index is 13.7. The Labute approximate surface area is 175 Å². The third kappa shape index (κ3) is 4.28. The molecule has 1 atom stereocenters. The van der Waals surface area contributed by atoms with Crippen molar-refractivity contribution in [1.82, 2.24) is 10.3 Å². The summed E-state index contributed by atoms with van der Waals surface area (Å²) in [6, 6.07) is 0. The van der Waals surface area contributed by atoms with Crippen LogP contribution in [0.15, 0.2) is 50.7 Å². The number of hydrogen-bond acceptors (Lipinski definition) is 3. The number of ketones is 1. The molecule has 2 N–H and O–H groups in total. The summed E-state index contributed by atoms with van der Waals surface area (Å²) in [5, 5.41) is 3.62. The van der Waals surface area contributed by atoms with Crippen LogP contribution < -0.4 is 16.0 Å². The lowest BCUT2D eigenvalue weighted by molar-refractivity contribution is -0.0961. The number of aromatic nitrogens is 1. The topological polar surface area (TPSA) is 69.6 Å². The largest absolute Gasteiger partial charge is 0.431 e. The van der Waals surface area contributed by atoms with Gasteiger partial charge in [-0.2, -0.15) is 13.2 Å². The lowest BCUT2D eigenvalue weighted by Gasteiger charge is -2.25. The average Bonchev–Trinajstić information content (AvgIpc) is 3.16. The number of hydrogen-bond donors (Lipinski definition) is 2. The predicted molar refractivity (Wildman–Crippen MR) is 109 cm³/mol. The van der Waals surface area contributed by atoms with E-state index in [9.17, 15) is 18.0 Å². The highest BCUT2D eigenvalue weighted by atomic mass is 35.5. The Hall–Kier alpha value is -2.61. The van der Waals surface area contributed by atoms with Crippen molar-refractivity contribution < 1.29 is 18.0 Å². The molecule has 3 aliphatic rings. The van der Waals surface area contributed by atoms with E-state index in [0.717, 1.165) is 0 Å². The number of alkyl halides is 3. The highest BCUT2D eigenvalue weighted by Gasteiger charge is 2.41. The van der Waals surface area contributed by atoms with E-state index >= 15 is 0 Å². The second-order valence-corrected chi connectivity index (χ2v) is 7.81. The van der Waals surface area contributed by atoms with Gasteiger partial charge in [-0.3, -0.25) is 14.8 Å². The van der Waals surface area contributed by atoms with Gasteiger partial charge < -0.3 is 10.3 Å². The van der Waals surface area contributed by atoms with Gasteiger partial charge in [-0.25, -0.2) is 0 Å². The van der Waals surface area contributed by atoms with Crippen molar-refractivity contribution in [3.63, 3.8) is 0 Å². The average molecular weight is 437 g/mol. The van der Waals surface area contributed by atoms with E-state index in [1.165, 1.54) is 6.20 Å². The first kappa shape index (κ1) is 20.7. The third-order valence-electron chi connectivity index (χ3n) is 5.29. The molecule has 0 aromatic carbocycles. The van der Waals surface area contributed by atoms with Crippen LogP contribution in [0.5, 0.6) is 0 Å². The summed E-state index contributed by atoms with van der Waals surface area (Å²) in [6.07, 6.45) is 5.69. The molecule has 0 radical (unpaired) electrons. The fourth-order valence-corrected chi connectivity index (χ4v) is 3.90. The number of aliphatic imine (C=N–C) groups is 1. The first-order valence-electron chi connectivity index (χ1n) is 9.74. The van der Waals surface area contributed by atoms with E-state index < -0.39 is 17.7 Å². The van der Waals surface area contributed by atoms with Gasteiger partial charge in [-0.05, 0) is 25.3 Å². The standard InChI is InChI=1S/C21H20ClF3N4O/c22-13-5-3-12(4-6-13)10-27-17-8-7-15(19(29-17)21(23,24)25)18(30)16-11-28-20-14(16)2-1-9-26-20/h2-3,5-6,11-12H,1,4,7-10H2,(H,26,28)(H,27,29). The lowest BCUT2D eigenvalue weighted by Crippen LogP contribution is -2.39. The zero-order valence-electron chi connectivity index (χ0n) is 16.0. The minimum Gasteiger partial charge on any atom is -0.346 e. The number of allylic oxidation sites excluding steroid dienone is 5. The van der Waals surface area contributed by atoms with Crippen LogP contribution >= 0.6 is 11.6 Å². The van der Waals surface area contributed by atoms with Crippen LogP contribution in [0.2, 0.25) is 0 Å². The zero-order chi connectivity index (χ0) is 21.3. The van der Waals surface area contributed by atoms with Crippen molar-refractivity contribution in [3.05, 3.63) is 57.0 Å². The fraction of sp³-hybridized carbons (Fsp3) is 0.381. The zero-order valence-corrected chi connectivity index (χ0v) is 16.8. The third-order valence-corrected chi connectivity index (χ3v) is 5.57. The molecule has 0 spiro atoms. The van der Waals surface area contributed by atoms with Gasteiger partial charge in [-0.15, -0.1) is 0 Å². The van der Waals surface area contributed by atoms with Crippen LogP contribution in [0.3, 0.4) is 0 Å². The van der Waals surface area contributed by atoms with E-state index in [1.54, 1.807) is 6.08 Å². The number of carbonyl (C=O) groups excluding carboxylic acids is 1. The summed E-state index contributed by atoms with van der Waals surface area (Å²) in [5.41, 5.74) is -0.528. The van der Waals surface area contributed by atoms with Crippen LogP contribution in [0.1, 0.15) is 36.0 Å². The van der Waals surface area contributed by atoms with Crippen LogP contribution in [-0.2, 0) is 0 Å². The highest BCUT2D eigenvalue weighted by Crippen LogP contribution is 2.32. The van der Waals surface area contributed by atoms with E-state index in [4.69, 9.17) is 11.6 Å². The molecule has 9 heteroatoms. The highest BCUT2D eigenvalue weighted by molar-refractivity contribution is 6.31. The molecule has 0 fully saturated rings. The fourth-order valence-electron chi connectivity index (χ4n) is 3.74. The van der Waals surface area contributed by atoms with Gasteiger partial charge in [0.2, 0.25) is 0 Å². The Kier molecular flexibility index (Phi) is 5.69. The molecule has 1 aromatic heterocycles. The van der Waals surface area contributed by atoms with Crippen LogP contribution in [-0.4, -0.2) is 35.9 Å². The van der Waals surface area contributed by atoms with E-state index in [0.29, 0.717) is 41.7 Å².